The summed E-state index contributed by atoms with van der Waals surface area (Å²) >= 11 is 0. The van der Waals surface area contributed by atoms with E-state index in [1.165, 1.54) is 12.1 Å². The van der Waals surface area contributed by atoms with Crippen LogP contribution in [0.5, 0.6) is 5.75 Å². The van der Waals surface area contributed by atoms with Crippen LogP contribution in [0, 0.1) is 11.7 Å². The van der Waals surface area contributed by atoms with E-state index in [0.717, 1.165) is 0 Å². The van der Waals surface area contributed by atoms with Crippen molar-refractivity contribution in [3.63, 3.8) is 0 Å². The molecule has 0 saturated carbocycles. The fourth-order valence-corrected chi connectivity index (χ4v) is 2.57. The van der Waals surface area contributed by atoms with Gasteiger partial charge in [-0.1, -0.05) is 13.8 Å². The quantitative estimate of drug-likeness (QED) is 0.695. The highest BCUT2D eigenvalue weighted by Crippen LogP contribution is 2.10. The molecule has 0 bridgehead atoms. The Balaban J connectivity index is 1.57. The molecule has 1 aromatic carbocycles. The van der Waals surface area contributed by atoms with Crippen LogP contribution in [0.15, 0.2) is 24.3 Å². The molecular weight excluding hydrogens is 353 g/mol. The number of nitrogens with zero attached hydrogens (tertiary/aromatic N) is 2. The van der Waals surface area contributed by atoms with Gasteiger partial charge in [0.2, 0.25) is 5.91 Å². The third-order valence-corrected chi connectivity index (χ3v) is 4.04. The van der Waals surface area contributed by atoms with Crippen LogP contribution in [0.4, 0.5) is 9.18 Å². The fourth-order valence-electron chi connectivity index (χ4n) is 2.57. The summed E-state index contributed by atoms with van der Waals surface area (Å²) in [5, 5.41) is 2.79. The van der Waals surface area contributed by atoms with E-state index in [9.17, 15) is 14.0 Å². The van der Waals surface area contributed by atoms with Gasteiger partial charge < -0.3 is 19.7 Å². The molecule has 2 rings (SSSR count). The van der Waals surface area contributed by atoms with Crippen LogP contribution < -0.4 is 10.1 Å². The molecule has 1 aliphatic rings. The van der Waals surface area contributed by atoms with E-state index in [4.69, 9.17) is 9.47 Å². The number of carbonyl (C=O) groups excluding carboxylic acids is 2. The number of benzene rings is 1. The zero-order valence-electron chi connectivity index (χ0n) is 15.9. The van der Waals surface area contributed by atoms with Gasteiger partial charge >= 0.3 is 6.09 Å². The Morgan fingerprint density at radius 1 is 1.15 bits per heavy atom. The largest absolute Gasteiger partial charge is 0.492 e. The van der Waals surface area contributed by atoms with Gasteiger partial charge in [-0.15, -0.1) is 0 Å². The van der Waals surface area contributed by atoms with E-state index in [0.29, 0.717) is 57.6 Å². The van der Waals surface area contributed by atoms with Crippen molar-refractivity contribution in [3.05, 3.63) is 30.1 Å². The normalized spacial score (nSPS) is 14.9. The van der Waals surface area contributed by atoms with Gasteiger partial charge in [0.05, 0.1) is 19.7 Å². The summed E-state index contributed by atoms with van der Waals surface area (Å²) in [5.41, 5.74) is 0. The SMILES string of the molecule is CC(C)COC(=O)N1CCN(CC(=O)NCCOc2ccc(F)cc2)CC1. The third-order valence-electron chi connectivity index (χ3n) is 4.04. The minimum Gasteiger partial charge on any atom is -0.492 e. The summed E-state index contributed by atoms with van der Waals surface area (Å²) in [6.45, 7) is 7.75. The molecule has 0 unspecified atom stereocenters. The Hall–Kier alpha value is -2.35. The standard InChI is InChI=1S/C19H28FN3O4/c1-15(2)14-27-19(25)23-10-8-22(9-11-23)13-18(24)21-7-12-26-17-5-3-16(20)4-6-17/h3-6,15H,7-14H2,1-2H3,(H,21,24). The molecule has 7 nitrogen and oxygen atoms in total. The highest BCUT2D eigenvalue weighted by Gasteiger charge is 2.23. The molecule has 0 radical (unpaired) electrons. The van der Waals surface area contributed by atoms with Gasteiger partial charge in [0.15, 0.2) is 0 Å². The monoisotopic (exact) mass is 381 g/mol. The summed E-state index contributed by atoms with van der Waals surface area (Å²) in [6.07, 6.45) is -0.286. The van der Waals surface area contributed by atoms with Crippen molar-refractivity contribution in [1.82, 2.24) is 15.1 Å². The third kappa shape index (κ3) is 7.82. The number of hydrogen-bond donors (Lipinski definition) is 1. The van der Waals surface area contributed by atoms with Crippen LogP contribution in [0.25, 0.3) is 0 Å². The van der Waals surface area contributed by atoms with Crippen LogP contribution in [0.1, 0.15) is 13.8 Å². The van der Waals surface area contributed by atoms with Crippen molar-refractivity contribution < 1.29 is 23.5 Å². The van der Waals surface area contributed by atoms with Gasteiger partial charge in [-0.25, -0.2) is 9.18 Å². The Labute approximate surface area is 159 Å². The number of amides is 2. The van der Waals surface area contributed by atoms with Gasteiger partial charge in [-0.2, -0.15) is 0 Å². The molecule has 0 atom stereocenters. The summed E-state index contributed by atoms with van der Waals surface area (Å²) in [5.74, 6) is 0.467. The van der Waals surface area contributed by atoms with Gasteiger partial charge in [-0.05, 0) is 30.2 Å². The Morgan fingerprint density at radius 3 is 2.44 bits per heavy atom. The van der Waals surface area contributed by atoms with Crippen LogP contribution in [-0.2, 0) is 9.53 Å². The summed E-state index contributed by atoms with van der Waals surface area (Å²) in [7, 11) is 0. The molecule has 0 aromatic heterocycles. The molecular formula is C19H28FN3O4. The first-order chi connectivity index (χ1) is 12.9. The van der Waals surface area contributed by atoms with Crippen LogP contribution in [0.2, 0.25) is 0 Å². The highest BCUT2D eigenvalue weighted by molar-refractivity contribution is 5.78. The molecule has 0 aliphatic carbocycles. The number of piperazine rings is 1. The average molecular weight is 381 g/mol. The molecule has 1 aromatic rings. The Kier molecular flexibility index (Phi) is 8.32. The van der Waals surface area contributed by atoms with Gasteiger partial charge in [0.25, 0.3) is 0 Å². The lowest BCUT2D eigenvalue weighted by atomic mass is 10.2. The van der Waals surface area contributed by atoms with Crippen LogP contribution in [0.3, 0.4) is 0 Å². The highest BCUT2D eigenvalue weighted by atomic mass is 19.1. The van der Waals surface area contributed by atoms with Crippen molar-refractivity contribution in [3.8, 4) is 5.75 Å². The maximum atomic E-state index is 12.8. The molecule has 0 spiro atoms. The molecule has 27 heavy (non-hydrogen) atoms. The van der Waals surface area contributed by atoms with Gasteiger partial charge in [0.1, 0.15) is 18.2 Å². The molecule has 1 fully saturated rings. The second-order valence-corrected chi connectivity index (χ2v) is 6.89. The molecule has 1 heterocycles. The number of ether oxygens (including phenoxy) is 2. The lowest BCUT2D eigenvalue weighted by molar-refractivity contribution is -0.122. The Bertz CT molecular complexity index is 601. The van der Waals surface area contributed by atoms with E-state index < -0.39 is 0 Å². The fraction of sp³-hybridized carbons (Fsp3) is 0.579. The number of rotatable bonds is 8. The van der Waals surface area contributed by atoms with Crippen LogP contribution >= 0.6 is 0 Å². The molecule has 1 N–H and O–H groups in total. The first kappa shape index (κ1) is 21.0. The summed E-state index contributed by atoms with van der Waals surface area (Å²) in [4.78, 5) is 27.6. The molecule has 1 saturated heterocycles. The topological polar surface area (TPSA) is 71.1 Å². The smallest absolute Gasteiger partial charge is 0.409 e. The second kappa shape index (κ2) is 10.7. The Morgan fingerprint density at radius 2 is 1.81 bits per heavy atom. The van der Waals surface area contributed by atoms with Crippen molar-refractivity contribution in [1.29, 1.82) is 0 Å². The minimum absolute atomic E-state index is 0.0893. The van der Waals surface area contributed by atoms with Crippen molar-refractivity contribution in [2.75, 3.05) is 52.5 Å². The van der Waals surface area contributed by atoms with Crippen molar-refractivity contribution in [2.45, 2.75) is 13.8 Å². The number of carbonyl (C=O) groups is 2. The maximum absolute atomic E-state index is 12.8. The average Bonchev–Trinajstić information content (AvgIpc) is 2.65. The number of nitrogens with one attached hydrogen (secondary N) is 1. The van der Waals surface area contributed by atoms with Crippen molar-refractivity contribution >= 4 is 12.0 Å². The van der Waals surface area contributed by atoms with E-state index in [2.05, 4.69) is 5.32 Å². The number of halogens is 1. The lowest BCUT2D eigenvalue weighted by Crippen LogP contribution is -2.51. The lowest BCUT2D eigenvalue weighted by Gasteiger charge is -2.33. The minimum atomic E-state index is -0.316. The summed E-state index contributed by atoms with van der Waals surface area (Å²) < 4.78 is 23.4. The van der Waals surface area contributed by atoms with Crippen molar-refractivity contribution in [2.24, 2.45) is 5.92 Å². The maximum Gasteiger partial charge on any atom is 0.409 e. The van der Waals surface area contributed by atoms with E-state index >= 15 is 0 Å². The zero-order chi connectivity index (χ0) is 19.6. The second-order valence-electron chi connectivity index (χ2n) is 6.89. The first-order valence-corrected chi connectivity index (χ1v) is 9.23. The molecule has 8 heteroatoms. The van der Waals surface area contributed by atoms with Crippen LogP contribution in [-0.4, -0.2) is 74.3 Å². The predicted molar refractivity (Wildman–Crippen MR) is 99.1 cm³/mol. The van der Waals surface area contributed by atoms with E-state index in [1.807, 2.05) is 18.7 Å². The molecule has 150 valence electrons. The van der Waals surface area contributed by atoms with E-state index in [-0.39, 0.29) is 24.4 Å². The van der Waals surface area contributed by atoms with E-state index in [1.54, 1.807) is 17.0 Å². The zero-order valence-corrected chi connectivity index (χ0v) is 15.9. The first-order valence-electron chi connectivity index (χ1n) is 9.23. The molecule has 1 aliphatic heterocycles. The summed E-state index contributed by atoms with van der Waals surface area (Å²) in [6, 6.07) is 5.74. The predicted octanol–water partition coefficient (Wildman–Crippen LogP) is 1.73. The number of hydrogen-bond acceptors (Lipinski definition) is 5. The molecule has 2 amide bonds. The van der Waals surface area contributed by atoms with Gasteiger partial charge in [-0.3, -0.25) is 9.69 Å². The van der Waals surface area contributed by atoms with Gasteiger partial charge in [0, 0.05) is 26.2 Å².